The van der Waals surface area contributed by atoms with Crippen molar-refractivity contribution in [3.63, 3.8) is 0 Å². The summed E-state index contributed by atoms with van der Waals surface area (Å²) in [7, 11) is 1.50. The fourth-order valence-corrected chi connectivity index (χ4v) is 2.58. The lowest BCUT2D eigenvalue weighted by Gasteiger charge is -2.16. The normalized spacial score (nSPS) is 16.1. The summed E-state index contributed by atoms with van der Waals surface area (Å²) in [5.41, 5.74) is -0.417. The summed E-state index contributed by atoms with van der Waals surface area (Å²) < 4.78 is 5.16. The molecule has 0 unspecified atom stereocenters. The van der Waals surface area contributed by atoms with Crippen molar-refractivity contribution in [1.29, 1.82) is 0 Å². The molecule has 8 heteroatoms. The van der Waals surface area contributed by atoms with Gasteiger partial charge < -0.3 is 15.4 Å². The van der Waals surface area contributed by atoms with Crippen molar-refractivity contribution in [2.45, 2.75) is 32.2 Å². The van der Waals surface area contributed by atoms with E-state index in [1.165, 1.54) is 7.11 Å². The van der Waals surface area contributed by atoms with Gasteiger partial charge in [-0.25, -0.2) is 4.79 Å². The van der Waals surface area contributed by atoms with E-state index in [2.05, 4.69) is 10.6 Å². The Hall–Kier alpha value is -2.28. The van der Waals surface area contributed by atoms with Gasteiger partial charge in [-0.1, -0.05) is 11.6 Å². The molecule has 4 amide bonds. The van der Waals surface area contributed by atoms with Crippen LogP contribution >= 0.6 is 11.6 Å². The van der Waals surface area contributed by atoms with Gasteiger partial charge in [0.05, 0.1) is 12.8 Å². The molecule has 1 fully saturated rings. The molecular formula is C16H20ClN3O4. The summed E-state index contributed by atoms with van der Waals surface area (Å²) in [6.07, 6.45) is 0.525. The minimum Gasteiger partial charge on any atom is -0.495 e. The van der Waals surface area contributed by atoms with Gasteiger partial charge in [-0.3, -0.25) is 14.5 Å². The van der Waals surface area contributed by atoms with Crippen LogP contribution in [-0.2, 0) is 9.59 Å². The highest BCUT2D eigenvalue weighted by Gasteiger charge is 2.43. The van der Waals surface area contributed by atoms with Crippen molar-refractivity contribution in [1.82, 2.24) is 10.2 Å². The SMILES string of the molecule is COc1ccc(Cl)cc1NC(=O)CCCN1C(=O)NC(C)(C)C1=O. The Morgan fingerprint density at radius 1 is 1.38 bits per heavy atom. The Balaban J connectivity index is 1.87. The minimum absolute atomic E-state index is 0.160. The van der Waals surface area contributed by atoms with Crippen LogP contribution in [0.25, 0.3) is 0 Å². The van der Waals surface area contributed by atoms with E-state index in [0.29, 0.717) is 22.9 Å². The molecule has 0 aliphatic carbocycles. The molecule has 24 heavy (non-hydrogen) atoms. The number of halogens is 1. The van der Waals surface area contributed by atoms with Gasteiger partial charge in [-0.2, -0.15) is 0 Å². The Kier molecular flexibility index (Phi) is 5.33. The molecule has 1 aliphatic rings. The Morgan fingerprint density at radius 3 is 2.67 bits per heavy atom. The second kappa shape index (κ2) is 7.09. The fraction of sp³-hybridized carbons (Fsp3) is 0.438. The number of amides is 4. The molecule has 0 saturated carbocycles. The van der Waals surface area contributed by atoms with Gasteiger partial charge in [0, 0.05) is 18.0 Å². The largest absolute Gasteiger partial charge is 0.495 e. The third kappa shape index (κ3) is 3.97. The number of benzene rings is 1. The van der Waals surface area contributed by atoms with Crippen LogP contribution in [0.3, 0.4) is 0 Å². The van der Waals surface area contributed by atoms with Gasteiger partial charge >= 0.3 is 6.03 Å². The summed E-state index contributed by atoms with van der Waals surface area (Å²) in [5, 5.41) is 5.79. The zero-order valence-electron chi connectivity index (χ0n) is 13.8. The number of urea groups is 1. The van der Waals surface area contributed by atoms with E-state index in [-0.39, 0.29) is 24.8 Å². The van der Waals surface area contributed by atoms with E-state index < -0.39 is 11.6 Å². The van der Waals surface area contributed by atoms with E-state index >= 15 is 0 Å². The first-order valence-corrected chi connectivity index (χ1v) is 7.90. The topological polar surface area (TPSA) is 87.7 Å². The predicted molar refractivity (Wildman–Crippen MR) is 90.2 cm³/mol. The maximum Gasteiger partial charge on any atom is 0.325 e. The fourth-order valence-electron chi connectivity index (χ4n) is 2.41. The summed E-state index contributed by atoms with van der Waals surface area (Å²) in [6, 6.07) is 4.49. The van der Waals surface area contributed by atoms with Crippen LogP contribution in [0.15, 0.2) is 18.2 Å². The number of carbonyl (C=O) groups is 3. The monoisotopic (exact) mass is 353 g/mol. The van der Waals surface area contributed by atoms with Crippen LogP contribution in [-0.4, -0.2) is 41.9 Å². The van der Waals surface area contributed by atoms with Gasteiger partial charge in [0.1, 0.15) is 11.3 Å². The molecular weight excluding hydrogens is 334 g/mol. The third-order valence-corrected chi connectivity index (χ3v) is 3.90. The lowest BCUT2D eigenvalue weighted by molar-refractivity contribution is -0.130. The first-order valence-electron chi connectivity index (χ1n) is 7.52. The average Bonchev–Trinajstić information content (AvgIpc) is 2.69. The molecule has 0 atom stereocenters. The molecule has 0 bridgehead atoms. The number of hydrogen-bond donors (Lipinski definition) is 2. The number of carbonyl (C=O) groups excluding carboxylic acids is 3. The maximum absolute atomic E-state index is 12.0. The maximum atomic E-state index is 12.0. The van der Waals surface area contributed by atoms with Gasteiger partial charge in [0.25, 0.3) is 5.91 Å². The number of anilines is 1. The molecule has 0 aromatic heterocycles. The number of hydrogen-bond acceptors (Lipinski definition) is 4. The zero-order chi connectivity index (χ0) is 17.9. The van der Waals surface area contributed by atoms with E-state index in [1.807, 2.05) is 0 Å². The van der Waals surface area contributed by atoms with Crippen molar-refractivity contribution < 1.29 is 19.1 Å². The van der Waals surface area contributed by atoms with Crippen LogP contribution in [0, 0.1) is 0 Å². The summed E-state index contributed by atoms with van der Waals surface area (Å²) in [5.74, 6) is -0.0325. The summed E-state index contributed by atoms with van der Waals surface area (Å²) >= 11 is 5.91. The average molecular weight is 354 g/mol. The van der Waals surface area contributed by atoms with E-state index in [0.717, 1.165) is 4.90 Å². The molecule has 0 spiro atoms. The number of methoxy groups -OCH3 is 1. The lowest BCUT2D eigenvalue weighted by atomic mass is 10.1. The number of nitrogens with zero attached hydrogens (tertiary/aromatic N) is 1. The minimum atomic E-state index is -0.895. The third-order valence-electron chi connectivity index (χ3n) is 3.67. The summed E-state index contributed by atoms with van der Waals surface area (Å²) in [6.45, 7) is 3.48. The Bertz CT molecular complexity index is 675. The van der Waals surface area contributed by atoms with E-state index in [4.69, 9.17) is 16.3 Å². The van der Waals surface area contributed by atoms with Gasteiger partial charge in [0.2, 0.25) is 5.91 Å². The van der Waals surface area contributed by atoms with Gasteiger partial charge in [-0.05, 0) is 38.5 Å². The Morgan fingerprint density at radius 2 is 2.08 bits per heavy atom. The van der Waals surface area contributed by atoms with Gasteiger partial charge in [0.15, 0.2) is 0 Å². The highest BCUT2D eigenvalue weighted by atomic mass is 35.5. The molecule has 2 N–H and O–H groups in total. The highest BCUT2D eigenvalue weighted by molar-refractivity contribution is 6.31. The molecule has 7 nitrogen and oxygen atoms in total. The second-order valence-electron chi connectivity index (χ2n) is 6.01. The first kappa shape index (κ1) is 18.1. The zero-order valence-corrected chi connectivity index (χ0v) is 14.6. The van der Waals surface area contributed by atoms with E-state index in [1.54, 1.807) is 32.0 Å². The molecule has 1 aliphatic heterocycles. The molecule has 2 rings (SSSR count). The van der Waals surface area contributed by atoms with Crippen LogP contribution in [0.4, 0.5) is 10.5 Å². The number of rotatable bonds is 6. The smallest absolute Gasteiger partial charge is 0.325 e. The van der Waals surface area contributed by atoms with Crippen molar-refractivity contribution >= 4 is 35.1 Å². The molecule has 1 heterocycles. The lowest BCUT2D eigenvalue weighted by Crippen LogP contribution is -2.40. The number of ether oxygens (including phenoxy) is 1. The van der Waals surface area contributed by atoms with Gasteiger partial charge in [-0.15, -0.1) is 0 Å². The van der Waals surface area contributed by atoms with Crippen LogP contribution < -0.4 is 15.4 Å². The Labute approximate surface area is 145 Å². The molecule has 1 aromatic carbocycles. The standard InChI is InChI=1S/C16H20ClN3O4/c1-16(2)14(22)20(15(23)19-16)8-4-5-13(21)18-11-9-10(17)6-7-12(11)24-3/h6-7,9H,4-5,8H2,1-3H3,(H,18,21)(H,19,23). The first-order chi connectivity index (χ1) is 11.2. The summed E-state index contributed by atoms with van der Waals surface area (Å²) in [4.78, 5) is 37.0. The molecule has 1 saturated heterocycles. The number of nitrogens with one attached hydrogen (secondary N) is 2. The quantitative estimate of drug-likeness (QED) is 0.769. The van der Waals surface area contributed by atoms with Crippen molar-refractivity contribution in [3.8, 4) is 5.75 Å². The predicted octanol–water partition coefficient (Wildman–Crippen LogP) is 2.40. The van der Waals surface area contributed by atoms with Crippen LogP contribution in [0.2, 0.25) is 5.02 Å². The van der Waals surface area contributed by atoms with Crippen molar-refractivity contribution in [3.05, 3.63) is 23.2 Å². The number of imide groups is 1. The highest BCUT2D eigenvalue weighted by Crippen LogP contribution is 2.27. The van der Waals surface area contributed by atoms with Crippen molar-refractivity contribution in [2.75, 3.05) is 19.0 Å². The molecule has 1 aromatic rings. The molecule has 0 radical (unpaired) electrons. The molecule has 130 valence electrons. The van der Waals surface area contributed by atoms with Crippen LogP contribution in [0.1, 0.15) is 26.7 Å². The van der Waals surface area contributed by atoms with Crippen molar-refractivity contribution in [2.24, 2.45) is 0 Å². The van der Waals surface area contributed by atoms with Crippen LogP contribution in [0.5, 0.6) is 5.75 Å². The van der Waals surface area contributed by atoms with E-state index in [9.17, 15) is 14.4 Å². The second-order valence-corrected chi connectivity index (χ2v) is 6.44.